The molecule has 0 aliphatic heterocycles. The summed E-state index contributed by atoms with van der Waals surface area (Å²) in [7, 11) is -3.47. The minimum Gasteiger partial charge on any atom is -0.391 e. The quantitative estimate of drug-likeness (QED) is 0.853. The molecular formula is C16H19NO3S. The van der Waals surface area contributed by atoms with Crippen molar-refractivity contribution in [2.24, 2.45) is 0 Å². The lowest BCUT2D eigenvalue weighted by Crippen LogP contribution is -2.33. The minimum atomic E-state index is -3.47. The number of aliphatic hydroxyl groups excluding tert-OH is 1. The van der Waals surface area contributed by atoms with Crippen molar-refractivity contribution in [1.82, 2.24) is 5.32 Å². The maximum atomic E-state index is 12.4. The standard InChI is InChI=1S/C16H19NO3S/c18-15(10-17-14-6-7-14)11-21(19,20)16-8-5-12-3-1-2-4-13(12)9-16/h1-5,8-9,14-15,17-18H,6-7,10-11H2. The third kappa shape index (κ3) is 3.61. The van der Waals surface area contributed by atoms with Crippen LogP contribution in [0, 0.1) is 0 Å². The molecule has 0 amide bonds. The molecule has 1 aliphatic carbocycles. The van der Waals surface area contributed by atoms with Crippen LogP contribution in [0.5, 0.6) is 0 Å². The Morgan fingerprint density at radius 3 is 2.57 bits per heavy atom. The highest BCUT2D eigenvalue weighted by molar-refractivity contribution is 7.91. The average molecular weight is 305 g/mol. The van der Waals surface area contributed by atoms with Crippen molar-refractivity contribution in [2.45, 2.75) is 29.9 Å². The summed E-state index contributed by atoms with van der Waals surface area (Å²) in [5, 5.41) is 14.9. The summed E-state index contributed by atoms with van der Waals surface area (Å²) in [6.45, 7) is 0.331. The Bertz CT molecular complexity index is 738. The summed E-state index contributed by atoms with van der Waals surface area (Å²) in [5.41, 5.74) is 0. The molecule has 1 atom stereocenters. The Hall–Kier alpha value is -1.43. The van der Waals surface area contributed by atoms with Crippen LogP contribution < -0.4 is 5.32 Å². The molecule has 1 aliphatic rings. The number of nitrogens with one attached hydrogen (secondary N) is 1. The van der Waals surface area contributed by atoms with Gasteiger partial charge in [0.15, 0.2) is 9.84 Å². The zero-order valence-corrected chi connectivity index (χ0v) is 12.5. The first-order valence-corrected chi connectivity index (χ1v) is 8.83. The Balaban J connectivity index is 1.75. The van der Waals surface area contributed by atoms with Crippen molar-refractivity contribution in [1.29, 1.82) is 0 Å². The van der Waals surface area contributed by atoms with Crippen molar-refractivity contribution >= 4 is 20.6 Å². The lowest BCUT2D eigenvalue weighted by Gasteiger charge is -2.12. The first-order chi connectivity index (χ1) is 10.0. The number of hydrogen-bond donors (Lipinski definition) is 2. The monoisotopic (exact) mass is 305 g/mol. The third-order valence-electron chi connectivity index (χ3n) is 3.71. The number of fused-ring (bicyclic) bond motifs is 1. The van der Waals surface area contributed by atoms with Gasteiger partial charge in [-0.15, -0.1) is 0 Å². The number of aliphatic hydroxyl groups is 1. The maximum Gasteiger partial charge on any atom is 0.180 e. The van der Waals surface area contributed by atoms with E-state index in [0.717, 1.165) is 23.6 Å². The summed E-state index contributed by atoms with van der Waals surface area (Å²) < 4.78 is 24.7. The van der Waals surface area contributed by atoms with Crippen molar-refractivity contribution in [3.63, 3.8) is 0 Å². The third-order valence-corrected chi connectivity index (χ3v) is 5.51. The van der Waals surface area contributed by atoms with Crippen molar-refractivity contribution in [2.75, 3.05) is 12.3 Å². The second-order valence-corrected chi connectivity index (χ2v) is 7.66. The zero-order chi connectivity index (χ0) is 14.9. The molecule has 0 heterocycles. The van der Waals surface area contributed by atoms with E-state index in [-0.39, 0.29) is 10.6 Å². The van der Waals surface area contributed by atoms with Gasteiger partial charge in [0.1, 0.15) is 0 Å². The number of rotatable bonds is 6. The molecule has 5 heteroatoms. The Labute approximate surface area is 124 Å². The van der Waals surface area contributed by atoms with Crippen LogP contribution in [0.25, 0.3) is 10.8 Å². The van der Waals surface area contributed by atoms with Crippen LogP contribution >= 0.6 is 0 Å². The van der Waals surface area contributed by atoms with Crippen molar-refractivity contribution < 1.29 is 13.5 Å². The summed E-state index contributed by atoms with van der Waals surface area (Å²) in [6, 6.07) is 13.2. The molecule has 0 saturated heterocycles. The smallest absolute Gasteiger partial charge is 0.180 e. The van der Waals surface area contributed by atoms with Gasteiger partial charge in [0.05, 0.1) is 16.8 Å². The van der Waals surface area contributed by atoms with Crippen LogP contribution in [0.2, 0.25) is 0 Å². The largest absolute Gasteiger partial charge is 0.391 e. The predicted molar refractivity (Wildman–Crippen MR) is 83.0 cm³/mol. The van der Waals surface area contributed by atoms with E-state index in [1.54, 1.807) is 18.2 Å². The van der Waals surface area contributed by atoms with Gasteiger partial charge >= 0.3 is 0 Å². The van der Waals surface area contributed by atoms with Gasteiger partial charge in [-0.2, -0.15) is 0 Å². The molecule has 1 unspecified atom stereocenters. The van der Waals surface area contributed by atoms with E-state index in [1.165, 1.54) is 0 Å². The van der Waals surface area contributed by atoms with Crippen LogP contribution in [-0.4, -0.2) is 38.0 Å². The van der Waals surface area contributed by atoms with Crippen LogP contribution in [-0.2, 0) is 9.84 Å². The lowest BCUT2D eigenvalue weighted by molar-refractivity contribution is 0.193. The van der Waals surface area contributed by atoms with Gasteiger partial charge in [0.2, 0.25) is 0 Å². The second kappa shape index (κ2) is 5.75. The molecular weight excluding hydrogens is 286 g/mol. The molecule has 1 fully saturated rings. The fourth-order valence-corrected chi connectivity index (χ4v) is 3.76. The van der Waals surface area contributed by atoms with Gasteiger partial charge in [-0.1, -0.05) is 30.3 Å². The molecule has 3 rings (SSSR count). The van der Waals surface area contributed by atoms with E-state index in [9.17, 15) is 13.5 Å². The number of hydrogen-bond acceptors (Lipinski definition) is 4. The van der Waals surface area contributed by atoms with E-state index >= 15 is 0 Å². The average Bonchev–Trinajstić information content (AvgIpc) is 3.28. The van der Waals surface area contributed by atoms with E-state index in [1.807, 2.05) is 24.3 Å². The van der Waals surface area contributed by atoms with Crippen LogP contribution in [0.15, 0.2) is 47.4 Å². The van der Waals surface area contributed by atoms with Gasteiger partial charge in [-0.05, 0) is 35.7 Å². The Morgan fingerprint density at radius 1 is 1.14 bits per heavy atom. The van der Waals surface area contributed by atoms with Crippen molar-refractivity contribution in [3.05, 3.63) is 42.5 Å². The normalized spacial score (nSPS) is 17.0. The fraction of sp³-hybridized carbons (Fsp3) is 0.375. The van der Waals surface area contributed by atoms with E-state index in [4.69, 9.17) is 0 Å². The summed E-state index contributed by atoms with van der Waals surface area (Å²) in [4.78, 5) is 0.270. The Morgan fingerprint density at radius 2 is 1.86 bits per heavy atom. The van der Waals surface area contributed by atoms with Crippen molar-refractivity contribution in [3.8, 4) is 0 Å². The first-order valence-electron chi connectivity index (χ1n) is 7.17. The SMILES string of the molecule is O=S(=O)(CC(O)CNC1CC1)c1ccc2ccccc2c1. The molecule has 112 valence electrons. The fourth-order valence-electron chi connectivity index (χ4n) is 2.36. The second-order valence-electron chi connectivity index (χ2n) is 5.63. The maximum absolute atomic E-state index is 12.4. The summed E-state index contributed by atoms with van der Waals surface area (Å²) in [6.07, 6.45) is 1.36. The lowest BCUT2D eigenvalue weighted by atomic mass is 10.1. The topological polar surface area (TPSA) is 66.4 Å². The van der Waals surface area contributed by atoms with Crippen LogP contribution in [0.3, 0.4) is 0 Å². The minimum absolute atomic E-state index is 0.245. The van der Waals surface area contributed by atoms with Crippen LogP contribution in [0.1, 0.15) is 12.8 Å². The first kappa shape index (κ1) is 14.5. The highest BCUT2D eigenvalue weighted by Crippen LogP contribution is 2.21. The van der Waals surface area contributed by atoms with Gasteiger partial charge in [0.25, 0.3) is 0 Å². The summed E-state index contributed by atoms with van der Waals surface area (Å²) in [5.74, 6) is -0.245. The molecule has 2 N–H and O–H groups in total. The van der Waals surface area contributed by atoms with Gasteiger partial charge in [-0.25, -0.2) is 8.42 Å². The molecule has 2 aromatic carbocycles. The van der Waals surface area contributed by atoms with Gasteiger partial charge < -0.3 is 10.4 Å². The van der Waals surface area contributed by atoms with E-state index in [0.29, 0.717) is 12.6 Å². The predicted octanol–water partition coefficient (Wildman–Crippen LogP) is 1.73. The molecule has 21 heavy (non-hydrogen) atoms. The zero-order valence-electron chi connectivity index (χ0n) is 11.7. The molecule has 1 saturated carbocycles. The molecule has 0 aromatic heterocycles. The number of benzene rings is 2. The number of sulfone groups is 1. The van der Waals surface area contributed by atoms with Crippen LogP contribution in [0.4, 0.5) is 0 Å². The molecule has 0 radical (unpaired) electrons. The van der Waals surface area contributed by atoms with E-state index in [2.05, 4.69) is 5.32 Å². The Kier molecular flexibility index (Phi) is 3.97. The molecule has 0 spiro atoms. The summed E-state index contributed by atoms with van der Waals surface area (Å²) >= 11 is 0. The van der Waals surface area contributed by atoms with Gasteiger partial charge in [-0.3, -0.25) is 0 Å². The molecule has 0 bridgehead atoms. The highest BCUT2D eigenvalue weighted by Gasteiger charge is 2.24. The van der Waals surface area contributed by atoms with E-state index < -0.39 is 15.9 Å². The molecule has 4 nitrogen and oxygen atoms in total. The molecule has 2 aromatic rings. The highest BCUT2D eigenvalue weighted by atomic mass is 32.2. The van der Waals surface area contributed by atoms with Gasteiger partial charge in [0, 0.05) is 12.6 Å².